The van der Waals surface area contributed by atoms with Crippen molar-refractivity contribution < 1.29 is 4.74 Å². The molecular formula is C21H22N2O. The first-order valence-corrected chi connectivity index (χ1v) is 8.71. The van der Waals surface area contributed by atoms with Crippen molar-refractivity contribution >= 4 is 23.0 Å². The van der Waals surface area contributed by atoms with Crippen LogP contribution in [0.4, 0.5) is 5.69 Å². The van der Waals surface area contributed by atoms with E-state index in [1.165, 1.54) is 18.2 Å². The fraction of sp³-hybridized carbons (Fsp3) is 0.286. The summed E-state index contributed by atoms with van der Waals surface area (Å²) in [6.45, 7) is 2.23. The Morgan fingerprint density at radius 3 is 2.75 bits per heavy atom. The van der Waals surface area contributed by atoms with Crippen LogP contribution in [0, 0.1) is 0 Å². The second kappa shape index (κ2) is 6.16. The molecule has 24 heavy (non-hydrogen) atoms. The molecule has 0 bridgehead atoms. The number of aromatic amines is 1. The van der Waals surface area contributed by atoms with E-state index in [1.807, 2.05) is 6.07 Å². The first kappa shape index (κ1) is 15.0. The Morgan fingerprint density at radius 2 is 1.88 bits per heavy atom. The van der Waals surface area contributed by atoms with Crippen molar-refractivity contribution in [2.45, 2.75) is 38.2 Å². The molecule has 1 aliphatic heterocycles. The summed E-state index contributed by atoms with van der Waals surface area (Å²) in [5, 5.41) is 1.21. The van der Waals surface area contributed by atoms with Gasteiger partial charge in [-0.2, -0.15) is 0 Å². The third kappa shape index (κ3) is 2.41. The van der Waals surface area contributed by atoms with Gasteiger partial charge in [0.1, 0.15) is 0 Å². The molecule has 1 atom stereocenters. The lowest BCUT2D eigenvalue weighted by Crippen LogP contribution is -2.33. The molecule has 0 aliphatic carbocycles. The van der Waals surface area contributed by atoms with Crippen molar-refractivity contribution in [1.82, 2.24) is 4.98 Å². The Kier molecular flexibility index (Phi) is 3.85. The van der Waals surface area contributed by atoms with Crippen LogP contribution in [-0.4, -0.2) is 11.4 Å². The molecule has 3 nitrogen and oxygen atoms in total. The molecule has 1 unspecified atom stereocenters. The van der Waals surface area contributed by atoms with E-state index < -0.39 is 5.60 Å². The van der Waals surface area contributed by atoms with Crippen molar-refractivity contribution in [1.29, 1.82) is 0 Å². The van der Waals surface area contributed by atoms with Crippen LogP contribution in [-0.2, 0) is 10.3 Å². The summed E-state index contributed by atoms with van der Waals surface area (Å²) < 4.78 is 6.23. The highest BCUT2D eigenvalue weighted by molar-refractivity contribution is 5.81. The van der Waals surface area contributed by atoms with Crippen LogP contribution < -0.4 is 0 Å². The fourth-order valence-electron chi connectivity index (χ4n) is 3.62. The Hall–Kier alpha value is -2.55. The van der Waals surface area contributed by atoms with Crippen molar-refractivity contribution in [3.8, 4) is 0 Å². The van der Waals surface area contributed by atoms with Crippen molar-refractivity contribution in [2.24, 2.45) is 4.99 Å². The number of hydrogen-bond donors (Lipinski definition) is 1. The molecule has 2 heterocycles. The van der Waals surface area contributed by atoms with Crippen molar-refractivity contribution in [2.75, 3.05) is 0 Å². The highest BCUT2D eigenvalue weighted by Crippen LogP contribution is 2.44. The third-order valence-corrected chi connectivity index (χ3v) is 4.88. The summed E-state index contributed by atoms with van der Waals surface area (Å²) in [4.78, 5) is 8.02. The Balaban J connectivity index is 1.86. The van der Waals surface area contributed by atoms with Gasteiger partial charge in [0.25, 0.3) is 0 Å². The van der Waals surface area contributed by atoms with E-state index in [2.05, 4.69) is 65.4 Å². The third-order valence-electron chi connectivity index (χ3n) is 4.88. The average Bonchev–Trinajstić information content (AvgIpc) is 3.07. The first-order valence-electron chi connectivity index (χ1n) is 8.71. The number of para-hydroxylation sites is 2. The normalized spacial score (nSPS) is 19.2. The molecule has 3 heteroatoms. The van der Waals surface area contributed by atoms with Crippen LogP contribution in [0.5, 0.6) is 0 Å². The molecular weight excluding hydrogens is 296 g/mol. The molecule has 4 rings (SSSR count). The molecule has 122 valence electrons. The second-order valence-electron chi connectivity index (χ2n) is 6.42. The maximum absolute atomic E-state index is 6.23. The van der Waals surface area contributed by atoms with Gasteiger partial charge in [-0.15, -0.1) is 0 Å². The van der Waals surface area contributed by atoms with Crippen molar-refractivity contribution in [3.63, 3.8) is 0 Å². The minimum Gasteiger partial charge on any atom is -0.466 e. The zero-order chi connectivity index (χ0) is 16.4. The van der Waals surface area contributed by atoms with E-state index in [1.54, 1.807) is 6.40 Å². The number of unbranched alkanes of at least 4 members (excludes halogenated alkanes) is 2. The van der Waals surface area contributed by atoms with Crippen LogP contribution >= 0.6 is 0 Å². The number of aromatic nitrogens is 1. The van der Waals surface area contributed by atoms with Crippen LogP contribution in [0.3, 0.4) is 0 Å². The molecule has 0 saturated heterocycles. The number of hydrogen-bond acceptors (Lipinski definition) is 2. The predicted molar refractivity (Wildman–Crippen MR) is 98.9 cm³/mol. The Morgan fingerprint density at radius 1 is 1.04 bits per heavy atom. The minimum absolute atomic E-state index is 0.480. The lowest BCUT2D eigenvalue weighted by molar-refractivity contribution is 0.0849. The topological polar surface area (TPSA) is 37.4 Å². The summed E-state index contributed by atoms with van der Waals surface area (Å²) in [5.41, 5.74) is 3.92. The molecule has 0 fully saturated rings. The second-order valence-corrected chi connectivity index (χ2v) is 6.42. The largest absolute Gasteiger partial charge is 0.466 e. The summed E-state index contributed by atoms with van der Waals surface area (Å²) in [5.74, 6) is 0. The number of aliphatic imine (C=N–C) groups is 1. The summed E-state index contributed by atoms with van der Waals surface area (Å²) in [7, 11) is 0. The maximum Gasteiger partial charge on any atom is 0.177 e. The zero-order valence-electron chi connectivity index (χ0n) is 14.0. The first-order chi connectivity index (χ1) is 11.8. The van der Waals surface area contributed by atoms with Gasteiger partial charge in [-0.25, -0.2) is 4.99 Å². The van der Waals surface area contributed by atoms with Gasteiger partial charge < -0.3 is 9.72 Å². The standard InChI is InChI=1S/C21H22N2O/c1-2-3-8-13-21(17-10-5-7-12-19(17)22-15-24-21)20-14-16-9-4-6-11-18(16)23-20/h4-7,9-12,14-15,23H,2-3,8,13H2,1H3. The molecule has 2 aromatic carbocycles. The van der Waals surface area contributed by atoms with E-state index in [-0.39, 0.29) is 0 Å². The van der Waals surface area contributed by atoms with Crippen LogP contribution in [0.15, 0.2) is 59.6 Å². The molecule has 0 spiro atoms. The average molecular weight is 318 g/mol. The van der Waals surface area contributed by atoms with E-state index in [4.69, 9.17) is 4.74 Å². The van der Waals surface area contributed by atoms with Crippen LogP contribution in [0.25, 0.3) is 10.9 Å². The van der Waals surface area contributed by atoms with E-state index in [0.717, 1.165) is 35.3 Å². The number of nitrogens with one attached hydrogen (secondary N) is 1. The Bertz CT molecular complexity index is 847. The molecule has 3 aromatic rings. The molecule has 1 N–H and O–H groups in total. The SMILES string of the molecule is CCCCCC1(c2cc3ccccc3[nH]2)OC=Nc2ccccc21. The quantitative estimate of drug-likeness (QED) is 0.604. The smallest absolute Gasteiger partial charge is 0.177 e. The monoisotopic (exact) mass is 318 g/mol. The molecule has 0 radical (unpaired) electrons. The van der Waals surface area contributed by atoms with Crippen LogP contribution in [0.2, 0.25) is 0 Å². The molecule has 0 amide bonds. The number of benzene rings is 2. The number of ether oxygens (including phenoxy) is 1. The lowest BCUT2D eigenvalue weighted by atomic mass is 9.83. The molecule has 1 aliphatic rings. The number of H-pyrrole nitrogens is 1. The van der Waals surface area contributed by atoms with Gasteiger partial charge in [-0.05, 0) is 36.4 Å². The zero-order valence-corrected chi connectivity index (χ0v) is 14.0. The van der Waals surface area contributed by atoms with Crippen LogP contribution in [0.1, 0.15) is 43.9 Å². The summed E-state index contributed by atoms with van der Waals surface area (Å²) in [6.07, 6.45) is 6.06. The van der Waals surface area contributed by atoms with Gasteiger partial charge in [0.05, 0.1) is 11.4 Å². The fourth-order valence-corrected chi connectivity index (χ4v) is 3.62. The minimum atomic E-state index is -0.480. The predicted octanol–water partition coefficient (Wildman–Crippen LogP) is 5.68. The highest BCUT2D eigenvalue weighted by atomic mass is 16.5. The lowest BCUT2D eigenvalue weighted by Gasteiger charge is -2.35. The number of fused-ring (bicyclic) bond motifs is 2. The van der Waals surface area contributed by atoms with Gasteiger partial charge in [-0.3, -0.25) is 0 Å². The number of nitrogens with zero attached hydrogens (tertiary/aromatic N) is 1. The highest BCUT2D eigenvalue weighted by Gasteiger charge is 2.40. The van der Waals surface area contributed by atoms with Gasteiger partial charge in [0.15, 0.2) is 12.0 Å². The Labute approximate surface area is 142 Å². The van der Waals surface area contributed by atoms with Gasteiger partial charge in [-0.1, -0.05) is 56.2 Å². The number of rotatable bonds is 5. The van der Waals surface area contributed by atoms with E-state index in [0.29, 0.717) is 0 Å². The summed E-state index contributed by atoms with van der Waals surface area (Å²) in [6, 6.07) is 18.9. The van der Waals surface area contributed by atoms with Gasteiger partial charge in [0, 0.05) is 11.1 Å². The van der Waals surface area contributed by atoms with Crippen molar-refractivity contribution in [3.05, 3.63) is 65.9 Å². The molecule has 0 saturated carbocycles. The van der Waals surface area contributed by atoms with Gasteiger partial charge in [0.2, 0.25) is 0 Å². The van der Waals surface area contributed by atoms with E-state index >= 15 is 0 Å². The van der Waals surface area contributed by atoms with E-state index in [9.17, 15) is 0 Å². The van der Waals surface area contributed by atoms with Gasteiger partial charge >= 0.3 is 0 Å². The summed E-state index contributed by atoms with van der Waals surface area (Å²) >= 11 is 0. The maximum atomic E-state index is 6.23. The molecule has 1 aromatic heterocycles.